The second-order valence-corrected chi connectivity index (χ2v) is 5.03. The molecule has 0 spiro atoms. The zero-order valence-electron chi connectivity index (χ0n) is 10.8. The Hall–Kier alpha value is -1.80. The van der Waals surface area contributed by atoms with E-state index in [1.165, 1.54) is 0 Å². The third-order valence-electron chi connectivity index (χ3n) is 2.12. The average molecular weight is 287 g/mol. The lowest BCUT2D eigenvalue weighted by molar-refractivity contribution is 0.159. The van der Waals surface area contributed by atoms with Crippen LogP contribution in [0.4, 0.5) is 10.5 Å². The second-order valence-electron chi connectivity index (χ2n) is 3.62. The van der Waals surface area contributed by atoms with E-state index < -0.39 is 16.3 Å². The van der Waals surface area contributed by atoms with Crippen LogP contribution in [0.25, 0.3) is 0 Å². The van der Waals surface area contributed by atoms with Crippen molar-refractivity contribution in [3.05, 3.63) is 29.8 Å². The third-order valence-corrected chi connectivity index (χ3v) is 3.05. The summed E-state index contributed by atoms with van der Waals surface area (Å²) in [6.45, 7) is 2.18. The smallest absolute Gasteiger partial charge is 0.422 e. The van der Waals surface area contributed by atoms with Crippen molar-refractivity contribution in [1.29, 1.82) is 0 Å². The maximum atomic E-state index is 11.7. The van der Waals surface area contributed by atoms with Crippen LogP contribution in [0.15, 0.2) is 24.3 Å². The van der Waals surface area contributed by atoms with Crippen LogP contribution in [0.1, 0.15) is 12.5 Å². The highest BCUT2D eigenvalue weighted by atomic mass is 32.2. The fourth-order valence-electron chi connectivity index (χ4n) is 1.41. The molecule has 0 aliphatic heterocycles. The lowest BCUT2D eigenvalue weighted by Gasteiger charge is -2.12. The number of hydrogen-bond acceptors (Lipinski definition) is 5. The first-order chi connectivity index (χ1) is 8.98. The van der Waals surface area contributed by atoms with Gasteiger partial charge in [0.15, 0.2) is 0 Å². The molecule has 0 atom stereocenters. The highest BCUT2D eigenvalue weighted by molar-refractivity contribution is 7.91. The van der Waals surface area contributed by atoms with Gasteiger partial charge < -0.3 is 10.1 Å². The number of carbonyl (C=O) groups is 1. The predicted molar refractivity (Wildman–Crippen MR) is 71.9 cm³/mol. The van der Waals surface area contributed by atoms with E-state index in [2.05, 4.69) is 14.8 Å². The Kier molecular flexibility index (Phi) is 5.58. The van der Waals surface area contributed by atoms with E-state index in [-0.39, 0.29) is 6.61 Å². The number of nitrogens with one attached hydrogen (secondary N) is 3. The molecule has 0 unspecified atom stereocenters. The van der Waals surface area contributed by atoms with E-state index in [0.717, 1.165) is 5.56 Å². The zero-order chi connectivity index (χ0) is 14.3. The summed E-state index contributed by atoms with van der Waals surface area (Å²) < 4.78 is 31.9. The molecule has 1 rings (SSSR count). The van der Waals surface area contributed by atoms with Crippen molar-refractivity contribution in [2.24, 2.45) is 0 Å². The molecular formula is C11H17N3O4S. The fourth-order valence-corrected chi connectivity index (χ4v) is 2.22. The largest absolute Gasteiger partial charge is 0.449 e. The third kappa shape index (κ3) is 5.14. The lowest BCUT2D eigenvalue weighted by atomic mass is 10.2. The van der Waals surface area contributed by atoms with Crippen LogP contribution in [0.3, 0.4) is 0 Å². The maximum Gasteiger partial charge on any atom is 0.422 e. The normalized spacial score (nSPS) is 10.8. The van der Waals surface area contributed by atoms with Crippen LogP contribution in [-0.4, -0.2) is 28.2 Å². The van der Waals surface area contributed by atoms with Gasteiger partial charge in [-0.15, -0.1) is 0 Å². The first-order valence-electron chi connectivity index (χ1n) is 5.68. The Morgan fingerprint density at radius 1 is 1.32 bits per heavy atom. The summed E-state index contributed by atoms with van der Waals surface area (Å²) >= 11 is 0. The van der Waals surface area contributed by atoms with Gasteiger partial charge in [0.05, 0.1) is 12.3 Å². The molecule has 0 fully saturated rings. The standard InChI is InChI=1S/C11H17N3O4S/c1-3-18-11(15)14-19(16,17)13-10-7-5-4-6-9(10)8-12-2/h4-7,12-13H,3,8H2,1-2H3,(H,14,15). The number of para-hydroxylation sites is 1. The zero-order valence-corrected chi connectivity index (χ0v) is 11.6. The Bertz CT molecular complexity index is 530. The molecule has 0 aliphatic carbocycles. The molecule has 7 nitrogen and oxygen atoms in total. The molecule has 8 heteroatoms. The van der Waals surface area contributed by atoms with E-state index >= 15 is 0 Å². The summed E-state index contributed by atoms with van der Waals surface area (Å²) in [4.78, 5) is 11.1. The first kappa shape index (κ1) is 15.3. The quantitative estimate of drug-likeness (QED) is 0.719. The van der Waals surface area contributed by atoms with E-state index in [0.29, 0.717) is 12.2 Å². The monoisotopic (exact) mass is 287 g/mol. The van der Waals surface area contributed by atoms with Crippen molar-refractivity contribution < 1.29 is 17.9 Å². The van der Waals surface area contributed by atoms with Gasteiger partial charge in [-0.1, -0.05) is 18.2 Å². The lowest BCUT2D eigenvalue weighted by Crippen LogP contribution is -2.36. The minimum Gasteiger partial charge on any atom is -0.449 e. The highest BCUT2D eigenvalue weighted by Crippen LogP contribution is 2.15. The van der Waals surface area contributed by atoms with Crippen molar-refractivity contribution >= 4 is 22.0 Å². The fraction of sp³-hybridized carbons (Fsp3) is 0.364. The summed E-state index contributed by atoms with van der Waals surface area (Å²) in [7, 11) is -2.25. The van der Waals surface area contributed by atoms with Gasteiger partial charge in [0.2, 0.25) is 0 Å². The summed E-state index contributed by atoms with van der Waals surface area (Å²) in [5.41, 5.74) is 1.16. The topological polar surface area (TPSA) is 96.5 Å². The van der Waals surface area contributed by atoms with Gasteiger partial charge >= 0.3 is 16.3 Å². The minimum absolute atomic E-state index is 0.0949. The number of benzene rings is 1. The molecule has 0 aliphatic rings. The second kappa shape index (κ2) is 6.95. The number of ether oxygens (including phenoxy) is 1. The molecule has 3 N–H and O–H groups in total. The molecular weight excluding hydrogens is 270 g/mol. The molecule has 0 bridgehead atoms. The summed E-state index contributed by atoms with van der Waals surface area (Å²) in [6, 6.07) is 6.88. The number of hydrogen-bond donors (Lipinski definition) is 3. The average Bonchev–Trinajstić information content (AvgIpc) is 2.31. The summed E-state index contributed by atoms with van der Waals surface area (Å²) in [5, 5.41) is 2.92. The number of amides is 1. The van der Waals surface area contributed by atoms with Crippen LogP contribution in [-0.2, 0) is 21.5 Å². The Morgan fingerprint density at radius 3 is 2.63 bits per heavy atom. The molecule has 19 heavy (non-hydrogen) atoms. The molecule has 1 amide bonds. The van der Waals surface area contributed by atoms with E-state index in [1.54, 1.807) is 43.0 Å². The van der Waals surface area contributed by atoms with Gasteiger partial charge in [-0.3, -0.25) is 4.72 Å². The maximum absolute atomic E-state index is 11.7. The predicted octanol–water partition coefficient (Wildman–Crippen LogP) is 0.809. The number of carbonyl (C=O) groups excluding carboxylic acids is 1. The molecule has 1 aromatic rings. The van der Waals surface area contributed by atoms with Crippen molar-refractivity contribution in [2.45, 2.75) is 13.5 Å². The SMILES string of the molecule is CCOC(=O)NS(=O)(=O)Nc1ccccc1CNC. The van der Waals surface area contributed by atoms with Crippen LogP contribution in [0.5, 0.6) is 0 Å². The molecule has 1 aromatic carbocycles. The number of anilines is 1. The molecule has 0 aromatic heterocycles. The van der Waals surface area contributed by atoms with Gasteiger partial charge in [-0.05, 0) is 25.6 Å². The molecule has 106 valence electrons. The van der Waals surface area contributed by atoms with Gasteiger partial charge in [-0.25, -0.2) is 9.52 Å². The van der Waals surface area contributed by atoms with Crippen LogP contribution < -0.4 is 14.8 Å². The van der Waals surface area contributed by atoms with Gasteiger partial charge in [0.25, 0.3) is 0 Å². The van der Waals surface area contributed by atoms with Crippen molar-refractivity contribution in [2.75, 3.05) is 18.4 Å². The van der Waals surface area contributed by atoms with E-state index in [9.17, 15) is 13.2 Å². The number of rotatable bonds is 6. The first-order valence-corrected chi connectivity index (χ1v) is 7.16. The Labute approximate surface area is 112 Å². The van der Waals surface area contributed by atoms with Crippen LogP contribution in [0.2, 0.25) is 0 Å². The van der Waals surface area contributed by atoms with Gasteiger partial charge in [0.1, 0.15) is 0 Å². The molecule has 0 saturated heterocycles. The molecule has 0 radical (unpaired) electrons. The molecule has 0 heterocycles. The van der Waals surface area contributed by atoms with E-state index in [4.69, 9.17) is 0 Å². The Morgan fingerprint density at radius 2 is 2.00 bits per heavy atom. The van der Waals surface area contributed by atoms with Crippen molar-refractivity contribution in [3.8, 4) is 0 Å². The summed E-state index contributed by atoms with van der Waals surface area (Å²) in [6.07, 6.45) is -1.01. The Balaban J connectivity index is 2.80. The van der Waals surface area contributed by atoms with Crippen molar-refractivity contribution in [1.82, 2.24) is 10.0 Å². The van der Waals surface area contributed by atoms with E-state index in [1.807, 2.05) is 0 Å². The van der Waals surface area contributed by atoms with Gasteiger partial charge in [0, 0.05) is 6.54 Å². The van der Waals surface area contributed by atoms with Crippen LogP contribution in [0, 0.1) is 0 Å². The minimum atomic E-state index is -4.00. The summed E-state index contributed by atoms with van der Waals surface area (Å²) in [5.74, 6) is 0. The van der Waals surface area contributed by atoms with Gasteiger partial charge in [-0.2, -0.15) is 8.42 Å². The molecule has 0 saturated carbocycles. The highest BCUT2D eigenvalue weighted by Gasteiger charge is 2.16. The van der Waals surface area contributed by atoms with Crippen LogP contribution >= 0.6 is 0 Å². The van der Waals surface area contributed by atoms with Crippen molar-refractivity contribution in [3.63, 3.8) is 0 Å².